The average molecular weight is 296 g/mol. The predicted molar refractivity (Wildman–Crippen MR) is 70.1 cm³/mol. The molecule has 2 aromatic rings. The molecule has 2 amide bonds. The molecule has 2 rings (SSSR count). The zero-order valence-electron chi connectivity index (χ0n) is 10.9. The number of nitrogens with zero attached hydrogens (tertiary/aromatic N) is 1. The molecule has 1 atom stereocenters. The fraction of sp³-hybridized carbons (Fsp3) is 0.231. The second kappa shape index (κ2) is 6.80. The van der Waals surface area contributed by atoms with Gasteiger partial charge in [-0.05, 0) is 23.8 Å². The Balaban J connectivity index is 1.78. The summed E-state index contributed by atoms with van der Waals surface area (Å²) in [6.45, 7) is 0.132. The second-order valence-corrected chi connectivity index (χ2v) is 4.33. The van der Waals surface area contributed by atoms with Crippen LogP contribution in [0.25, 0.3) is 0 Å². The van der Waals surface area contributed by atoms with Crippen molar-refractivity contribution in [2.75, 3.05) is 6.54 Å². The van der Waals surface area contributed by atoms with E-state index in [0.29, 0.717) is 0 Å². The third kappa shape index (κ3) is 4.25. The summed E-state index contributed by atoms with van der Waals surface area (Å²) in [7, 11) is 0. The molecule has 0 spiro atoms. The lowest BCUT2D eigenvalue weighted by Crippen LogP contribution is -2.37. The molecule has 4 N–H and O–H groups in total. The van der Waals surface area contributed by atoms with Crippen LogP contribution in [0.15, 0.2) is 30.5 Å². The first-order valence-corrected chi connectivity index (χ1v) is 6.19. The van der Waals surface area contributed by atoms with E-state index in [4.69, 9.17) is 0 Å². The standard InChI is InChI=1S/C13H14F2N4O2/c14-10-2-1-8(5-11(10)15)12(20)7-17-13(21)16-6-9-3-4-18-19-9/h1-5,12,20H,6-7H2,(H,18,19)(H2,16,17,21)/t12-/m0/s1. The zero-order valence-corrected chi connectivity index (χ0v) is 10.9. The van der Waals surface area contributed by atoms with Gasteiger partial charge >= 0.3 is 6.03 Å². The van der Waals surface area contributed by atoms with Gasteiger partial charge in [0.1, 0.15) is 0 Å². The number of aromatic nitrogens is 2. The van der Waals surface area contributed by atoms with Gasteiger partial charge in [0, 0.05) is 12.7 Å². The first-order chi connectivity index (χ1) is 10.1. The van der Waals surface area contributed by atoms with E-state index in [0.717, 1.165) is 17.8 Å². The van der Waals surface area contributed by atoms with Gasteiger partial charge in [-0.15, -0.1) is 0 Å². The Kier molecular flexibility index (Phi) is 4.83. The maximum atomic E-state index is 13.0. The molecule has 1 aromatic heterocycles. The number of carbonyl (C=O) groups excluding carboxylic acids is 1. The van der Waals surface area contributed by atoms with Gasteiger partial charge in [-0.3, -0.25) is 5.10 Å². The van der Waals surface area contributed by atoms with E-state index in [1.54, 1.807) is 12.3 Å². The smallest absolute Gasteiger partial charge is 0.315 e. The van der Waals surface area contributed by atoms with Crippen LogP contribution in [0.2, 0.25) is 0 Å². The minimum Gasteiger partial charge on any atom is -0.387 e. The van der Waals surface area contributed by atoms with Crippen molar-refractivity contribution in [3.8, 4) is 0 Å². The number of rotatable bonds is 5. The number of urea groups is 1. The lowest BCUT2D eigenvalue weighted by molar-refractivity contribution is 0.172. The van der Waals surface area contributed by atoms with Gasteiger partial charge < -0.3 is 15.7 Å². The molecule has 0 saturated carbocycles. The summed E-state index contributed by atoms with van der Waals surface area (Å²) in [5.41, 5.74) is 0.911. The molecular weight excluding hydrogens is 282 g/mol. The second-order valence-electron chi connectivity index (χ2n) is 4.33. The van der Waals surface area contributed by atoms with Crippen molar-refractivity contribution < 1.29 is 18.7 Å². The number of halogens is 2. The highest BCUT2D eigenvalue weighted by Gasteiger charge is 2.12. The topological polar surface area (TPSA) is 90.0 Å². The minimum absolute atomic E-state index is 0.125. The summed E-state index contributed by atoms with van der Waals surface area (Å²) in [6, 6.07) is 4.28. The Labute approximate surface area is 119 Å². The van der Waals surface area contributed by atoms with Gasteiger partial charge in [-0.1, -0.05) is 6.07 Å². The maximum absolute atomic E-state index is 13.0. The van der Waals surface area contributed by atoms with Crippen molar-refractivity contribution in [2.24, 2.45) is 0 Å². The van der Waals surface area contributed by atoms with Crippen molar-refractivity contribution in [1.82, 2.24) is 20.8 Å². The van der Waals surface area contributed by atoms with Crippen LogP contribution in [0.1, 0.15) is 17.4 Å². The maximum Gasteiger partial charge on any atom is 0.315 e. The summed E-state index contributed by atoms with van der Waals surface area (Å²) in [5, 5.41) is 21.2. The molecule has 0 saturated heterocycles. The number of amides is 2. The lowest BCUT2D eigenvalue weighted by atomic mass is 10.1. The number of benzene rings is 1. The Morgan fingerprint density at radius 3 is 2.76 bits per heavy atom. The first-order valence-electron chi connectivity index (χ1n) is 6.19. The quantitative estimate of drug-likeness (QED) is 0.669. The van der Waals surface area contributed by atoms with Crippen LogP contribution in [-0.4, -0.2) is 27.9 Å². The van der Waals surface area contributed by atoms with Gasteiger partial charge in [0.05, 0.1) is 18.3 Å². The normalized spacial score (nSPS) is 12.0. The van der Waals surface area contributed by atoms with E-state index in [2.05, 4.69) is 20.8 Å². The summed E-state index contributed by atoms with van der Waals surface area (Å²) in [5.74, 6) is -2.04. The van der Waals surface area contributed by atoms with Crippen LogP contribution in [-0.2, 0) is 6.54 Å². The first kappa shape index (κ1) is 14.9. The van der Waals surface area contributed by atoms with Gasteiger partial charge in [-0.25, -0.2) is 13.6 Å². The molecule has 6 nitrogen and oxygen atoms in total. The van der Waals surface area contributed by atoms with E-state index < -0.39 is 23.8 Å². The molecule has 0 fully saturated rings. The van der Waals surface area contributed by atoms with Gasteiger partial charge in [0.2, 0.25) is 0 Å². The van der Waals surface area contributed by atoms with Crippen LogP contribution in [0.3, 0.4) is 0 Å². The zero-order chi connectivity index (χ0) is 15.2. The van der Waals surface area contributed by atoms with Crippen molar-refractivity contribution in [1.29, 1.82) is 0 Å². The number of carbonyl (C=O) groups is 1. The molecule has 0 aliphatic heterocycles. The third-order valence-electron chi connectivity index (χ3n) is 2.78. The summed E-state index contributed by atoms with van der Waals surface area (Å²) >= 11 is 0. The van der Waals surface area contributed by atoms with E-state index in [9.17, 15) is 18.7 Å². The lowest BCUT2D eigenvalue weighted by Gasteiger charge is -2.13. The number of aliphatic hydroxyl groups excluding tert-OH is 1. The number of hydrogen-bond donors (Lipinski definition) is 4. The molecule has 0 aliphatic carbocycles. The van der Waals surface area contributed by atoms with Crippen molar-refractivity contribution in [3.63, 3.8) is 0 Å². The van der Waals surface area contributed by atoms with Crippen LogP contribution in [0.5, 0.6) is 0 Å². The fourth-order valence-electron chi connectivity index (χ4n) is 1.65. The summed E-state index contributed by atoms with van der Waals surface area (Å²) in [4.78, 5) is 11.5. The van der Waals surface area contributed by atoms with Crippen molar-refractivity contribution in [3.05, 3.63) is 53.4 Å². The molecule has 0 unspecified atom stereocenters. The number of nitrogens with one attached hydrogen (secondary N) is 3. The van der Waals surface area contributed by atoms with Crippen molar-refractivity contribution >= 4 is 6.03 Å². The molecule has 8 heteroatoms. The molecule has 21 heavy (non-hydrogen) atoms. The number of hydrogen-bond acceptors (Lipinski definition) is 3. The van der Waals surface area contributed by atoms with Crippen LogP contribution >= 0.6 is 0 Å². The summed E-state index contributed by atoms with van der Waals surface area (Å²) < 4.78 is 25.8. The number of aliphatic hydroxyl groups is 1. The van der Waals surface area contributed by atoms with Gasteiger partial charge in [0.25, 0.3) is 0 Å². The Morgan fingerprint density at radius 2 is 2.10 bits per heavy atom. The summed E-state index contributed by atoms with van der Waals surface area (Å²) in [6.07, 6.45) is 0.430. The minimum atomic E-state index is -1.13. The van der Waals surface area contributed by atoms with E-state index >= 15 is 0 Å². The van der Waals surface area contributed by atoms with E-state index in [1.165, 1.54) is 6.07 Å². The molecular formula is C13H14F2N4O2. The Morgan fingerprint density at radius 1 is 1.29 bits per heavy atom. The highest BCUT2D eigenvalue weighted by molar-refractivity contribution is 5.73. The molecule has 1 aromatic carbocycles. The number of aromatic amines is 1. The average Bonchev–Trinajstić information content (AvgIpc) is 2.98. The van der Waals surface area contributed by atoms with E-state index in [1.807, 2.05) is 0 Å². The molecule has 112 valence electrons. The van der Waals surface area contributed by atoms with Crippen LogP contribution in [0.4, 0.5) is 13.6 Å². The molecule has 0 radical (unpaired) electrons. The van der Waals surface area contributed by atoms with Crippen molar-refractivity contribution in [2.45, 2.75) is 12.6 Å². The van der Waals surface area contributed by atoms with Crippen LogP contribution < -0.4 is 10.6 Å². The highest BCUT2D eigenvalue weighted by atomic mass is 19.2. The number of H-pyrrole nitrogens is 1. The molecule has 0 aliphatic rings. The molecule has 1 heterocycles. The fourth-order valence-corrected chi connectivity index (χ4v) is 1.65. The van der Waals surface area contributed by atoms with Gasteiger partial charge in [0.15, 0.2) is 11.6 Å². The molecule has 0 bridgehead atoms. The Hall–Kier alpha value is -2.48. The third-order valence-corrected chi connectivity index (χ3v) is 2.78. The largest absolute Gasteiger partial charge is 0.387 e. The predicted octanol–water partition coefficient (Wildman–Crippen LogP) is 1.22. The van der Waals surface area contributed by atoms with Crippen LogP contribution in [0, 0.1) is 11.6 Å². The highest BCUT2D eigenvalue weighted by Crippen LogP contribution is 2.15. The SMILES string of the molecule is O=C(NCc1ccn[nH]1)NC[C@H](O)c1ccc(F)c(F)c1. The Bertz CT molecular complexity index is 604. The van der Waals surface area contributed by atoms with Gasteiger partial charge in [-0.2, -0.15) is 5.10 Å². The monoisotopic (exact) mass is 296 g/mol. The van der Waals surface area contributed by atoms with E-state index in [-0.39, 0.29) is 18.7 Å².